The fourth-order valence-electron chi connectivity index (χ4n) is 12.3. The van der Waals surface area contributed by atoms with Crippen molar-refractivity contribution in [3.05, 3.63) is 11.6 Å². The lowest BCUT2D eigenvalue weighted by Crippen LogP contribution is -2.68. The molecule has 256 valence electrons. The van der Waals surface area contributed by atoms with Gasteiger partial charge in [0.25, 0.3) is 0 Å². The Morgan fingerprint density at radius 1 is 0.889 bits per heavy atom. The molecule has 0 unspecified atom stereocenters. The van der Waals surface area contributed by atoms with Crippen molar-refractivity contribution in [2.75, 3.05) is 6.61 Å². The van der Waals surface area contributed by atoms with Crippen molar-refractivity contribution in [2.24, 2.45) is 50.2 Å². The van der Waals surface area contributed by atoms with Crippen LogP contribution >= 0.6 is 0 Å². The molecule has 0 aromatic carbocycles. The lowest BCUT2D eigenvalue weighted by molar-refractivity contribution is -0.330. The van der Waals surface area contributed by atoms with Gasteiger partial charge in [0.05, 0.1) is 18.8 Å². The molecule has 1 saturated heterocycles. The number of hydrogen-bond acceptors (Lipinski definition) is 8. The molecule has 0 radical (unpaired) electrons. The molecule has 9 heteroatoms. The van der Waals surface area contributed by atoms with Gasteiger partial charge in [-0.2, -0.15) is 0 Å². The van der Waals surface area contributed by atoms with E-state index < -0.39 is 54.8 Å². The molecule has 0 spiro atoms. The standard InChI is InChI=1S/C36H58O9/c1-31(2)14-15-36(30(42)43)20(16-31)19-8-9-23-33(5)12-11-25(45-29-28(41)27(40)26(39)21(18-37)44-29)32(3,4)22(33)10-13-34(23,6)35(19,7)17-24(36)38/h8,20-29,37-41H,9-18H2,1-7H3,(H,42,43)/t20-,21+,22-,23-,24-,25+,26+,27-,28+,29-,33+,34-,35-,36-/m1/s1. The number of carboxylic acids is 1. The summed E-state index contributed by atoms with van der Waals surface area (Å²) in [6.07, 6.45) is 1.79. The van der Waals surface area contributed by atoms with Crippen LogP contribution in [0.4, 0.5) is 0 Å². The van der Waals surface area contributed by atoms with Gasteiger partial charge in [0.2, 0.25) is 0 Å². The largest absolute Gasteiger partial charge is 0.481 e. The van der Waals surface area contributed by atoms with Gasteiger partial charge in [-0.15, -0.1) is 0 Å². The van der Waals surface area contributed by atoms with E-state index >= 15 is 0 Å². The molecule has 0 bridgehead atoms. The number of aliphatic hydroxyl groups is 5. The first kappa shape index (κ1) is 33.8. The number of aliphatic hydroxyl groups excluding tert-OH is 5. The van der Waals surface area contributed by atoms with Crippen molar-refractivity contribution in [1.29, 1.82) is 0 Å². The molecular formula is C36H58O9. The van der Waals surface area contributed by atoms with Crippen LogP contribution in [-0.4, -0.2) is 86.1 Å². The third-order valence-electron chi connectivity index (χ3n) is 15.2. The zero-order valence-corrected chi connectivity index (χ0v) is 28.3. The van der Waals surface area contributed by atoms with E-state index in [9.17, 15) is 35.4 Å². The SMILES string of the molecule is CC1(C)CC[C@]2(C(=O)O)[C@H](O)C[C@]3(C)C(=CC[C@@H]4[C@@]5(C)CC[C@H](O[C@H]6O[C@@H](CO)[C@H](O)[C@@H](O)[C@@H]6O)C(C)(C)[C@H]5CC[C@]43C)[C@H]2C1. The minimum absolute atomic E-state index is 0.0210. The number of carbonyl (C=O) groups is 1. The second-order valence-electron chi connectivity index (χ2n) is 18.0. The smallest absolute Gasteiger partial charge is 0.312 e. The normalized spacial score (nSPS) is 53.6. The molecule has 0 aromatic heterocycles. The van der Waals surface area contributed by atoms with Gasteiger partial charge in [-0.25, -0.2) is 0 Å². The summed E-state index contributed by atoms with van der Waals surface area (Å²) in [7, 11) is 0. The third-order valence-corrected chi connectivity index (χ3v) is 15.2. The summed E-state index contributed by atoms with van der Waals surface area (Å²) in [6.45, 7) is 15.6. The Bertz CT molecular complexity index is 1210. The summed E-state index contributed by atoms with van der Waals surface area (Å²) in [5.41, 5.74) is -0.571. The zero-order valence-electron chi connectivity index (χ0n) is 28.3. The second-order valence-corrected chi connectivity index (χ2v) is 18.0. The highest BCUT2D eigenvalue weighted by Gasteiger charge is 2.71. The molecule has 6 rings (SSSR count). The molecule has 0 amide bonds. The number of ether oxygens (including phenoxy) is 2. The summed E-state index contributed by atoms with van der Waals surface area (Å²) in [5, 5.41) is 63.5. The minimum atomic E-state index is -1.47. The molecular weight excluding hydrogens is 576 g/mol. The van der Waals surface area contributed by atoms with E-state index in [2.05, 4.69) is 54.5 Å². The Kier molecular flexibility index (Phi) is 8.05. The van der Waals surface area contributed by atoms with E-state index in [1.165, 1.54) is 5.57 Å². The van der Waals surface area contributed by atoms with Crippen LogP contribution < -0.4 is 0 Å². The third kappa shape index (κ3) is 4.54. The molecule has 1 heterocycles. The number of fused-ring (bicyclic) bond motifs is 7. The van der Waals surface area contributed by atoms with Crippen molar-refractivity contribution >= 4 is 5.97 Å². The van der Waals surface area contributed by atoms with Gasteiger partial charge in [0.1, 0.15) is 29.8 Å². The van der Waals surface area contributed by atoms with E-state index in [1.807, 2.05) is 0 Å². The molecule has 0 aromatic rings. The van der Waals surface area contributed by atoms with E-state index in [1.54, 1.807) is 0 Å². The first-order chi connectivity index (χ1) is 20.8. The Labute approximate surface area is 268 Å². The highest BCUT2D eigenvalue weighted by atomic mass is 16.7. The number of allylic oxidation sites excluding steroid dienone is 2. The molecule has 1 aliphatic heterocycles. The minimum Gasteiger partial charge on any atom is -0.481 e. The van der Waals surface area contributed by atoms with Crippen molar-refractivity contribution < 1.29 is 44.9 Å². The number of carboxylic acid groups (broad SMARTS) is 1. The van der Waals surface area contributed by atoms with Crippen molar-refractivity contribution in [3.63, 3.8) is 0 Å². The number of rotatable bonds is 4. The van der Waals surface area contributed by atoms with Gasteiger partial charge in [0.15, 0.2) is 6.29 Å². The summed E-state index contributed by atoms with van der Waals surface area (Å²) >= 11 is 0. The van der Waals surface area contributed by atoms with Crippen LogP contribution in [0.25, 0.3) is 0 Å². The fraction of sp³-hybridized carbons (Fsp3) is 0.917. The van der Waals surface area contributed by atoms with Gasteiger partial charge in [-0.1, -0.05) is 60.1 Å². The molecule has 5 fully saturated rings. The molecule has 9 nitrogen and oxygen atoms in total. The van der Waals surface area contributed by atoms with Crippen LogP contribution in [0.1, 0.15) is 106 Å². The maximum absolute atomic E-state index is 13.0. The van der Waals surface area contributed by atoms with E-state index in [-0.39, 0.29) is 39.1 Å². The molecule has 6 aliphatic rings. The van der Waals surface area contributed by atoms with Crippen LogP contribution in [0, 0.1) is 50.2 Å². The average molecular weight is 635 g/mol. The summed E-state index contributed by atoms with van der Waals surface area (Å²) < 4.78 is 12.2. The highest BCUT2D eigenvalue weighted by Crippen LogP contribution is 2.76. The van der Waals surface area contributed by atoms with Gasteiger partial charge in [0, 0.05) is 0 Å². The average Bonchev–Trinajstić information content (AvgIpc) is 2.94. The Morgan fingerprint density at radius 3 is 2.22 bits per heavy atom. The molecule has 4 saturated carbocycles. The van der Waals surface area contributed by atoms with Crippen LogP contribution in [0.15, 0.2) is 11.6 Å². The van der Waals surface area contributed by atoms with E-state index in [4.69, 9.17) is 9.47 Å². The fourth-order valence-corrected chi connectivity index (χ4v) is 12.3. The molecule has 6 N–H and O–H groups in total. The van der Waals surface area contributed by atoms with Crippen molar-refractivity contribution in [2.45, 2.75) is 149 Å². The first-order valence-electron chi connectivity index (χ1n) is 17.4. The predicted molar refractivity (Wildman–Crippen MR) is 167 cm³/mol. The molecule has 45 heavy (non-hydrogen) atoms. The monoisotopic (exact) mass is 634 g/mol. The van der Waals surface area contributed by atoms with Crippen LogP contribution in [-0.2, 0) is 14.3 Å². The molecule has 5 aliphatic carbocycles. The maximum atomic E-state index is 13.0. The predicted octanol–water partition coefficient (Wildman–Crippen LogP) is 4.03. The van der Waals surface area contributed by atoms with Crippen molar-refractivity contribution in [3.8, 4) is 0 Å². The zero-order chi connectivity index (χ0) is 33.1. The highest BCUT2D eigenvalue weighted by molar-refractivity contribution is 5.77. The van der Waals surface area contributed by atoms with E-state index in [0.717, 1.165) is 44.9 Å². The maximum Gasteiger partial charge on any atom is 0.312 e. The van der Waals surface area contributed by atoms with E-state index in [0.29, 0.717) is 24.7 Å². The quantitative estimate of drug-likeness (QED) is 0.199. The lowest BCUT2D eigenvalue weighted by Gasteiger charge is -2.71. The Hall–Kier alpha value is -1.07. The van der Waals surface area contributed by atoms with Gasteiger partial charge in [-0.3, -0.25) is 4.79 Å². The van der Waals surface area contributed by atoms with Crippen LogP contribution in [0.3, 0.4) is 0 Å². The second kappa shape index (κ2) is 10.7. The Balaban J connectivity index is 1.31. The summed E-state index contributed by atoms with van der Waals surface area (Å²) in [5.74, 6) is -0.382. The first-order valence-corrected chi connectivity index (χ1v) is 17.4. The summed E-state index contributed by atoms with van der Waals surface area (Å²) in [6, 6.07) is 0. The summed E-state index contributed by atoms with van der Waals surface area (Å²) in [4.78, 5) is 13.0. The van der Waals surface area contributed by atoms with Gasteiger partial charge >= 0.3 is 5.97 Å². The van der Waals surface area contributed by atoms with Crippen LogP contribution in [0.2, 0.25) is 0 Å². The van der Waals surface area contributed by atoms with Gasteiger partial charge < -0.3 is 40.1 Å². The number of aliphatic carboxylic acids is 1. The van der Waals surface area contributed by atoms with Gasteiger partial charge in [-0.05, 0) is 103 Å². The number of hydrogen-bond donors (Lipinski definition) is 6. The molecule has 14 atom stereocenters. The Morgan fingerprint density at radius 2 is 1.58 bits per heavy atom. The topological polar surface area (TPSA) is 157 Å². The van der Waals surface area contributed by atoms with Crippen molar-refractivity contribution in [1.82, 2.24) is 0 Å². The van der Waals surface area contributed by atoms with Crippen LogP contribution in [0.5, 0.6) is 0 Å². The lowest BCUT2D eigenvalue weighted by atomic mass is 9.33.